The van der Waals surface area contributed by atoms with Gasteiger partial charge >= 0.3 is 0 Å². The zero-order valence-electron chi connectivity index (χ0n) is 6.14. The van der Waals surface area contributed by atoms with Gasteiger partial charge < -0.3 is 5.73 Å². The second kappa shape index (κ2) is 2.59. The number of benzene rings is 1. The van der Waals surface area contributed by atoms with Gasteiger partial charge in [0.1, 0.15) is 11.3 Å². The Morgan fingerprint density at radius 3 is 2.62 bits per heavy atom. The first-order valence-corrected chi connectivity index (χ1v) is 4.10. The molecule has 0 atom stereocenters. The van der Waals surface area contributed by atoms with E-state index in [-0.39, 0.29) is 15.3 Å². The van der Waals surface area contributed by atoms with Gasteiger partial charge in [-0.25, -0.2) is 18.2 Å². The molecule has 0 unspecified atom stereocenters. The number of hydrogen-bond donors (Lipinski definition) is 1. The van der Waals surface area contributed by atoms with Crippen LogP contribution < -0.4 is 5.73 Å². The summed E-state index contributed by atoms with van der Waals surface area (Å²) in [4.78, 5) is 3.48. The van der Waals surface area contributed by atoms with E-state index in [1.807, 2.05) is 0 Å². The number of nitrogens with zero attached hydrogens (tertiary/aromatic N) is 1. The maximum absolute atomic E-state index is 12.9. The Hall–Kier alpha value is -1.30. The predicted octanol–water partition coefficient (Wildman–Crippen LogP) is 2.30. The van der Waals surface area contributed by atoms with Gasteiger partial charge in [0.25, 0.3) is 0 Å². The van der Waals surface area contributed by atoms with Crippen LogP contribution in [0.25, 0.3) is 10.2 Å². The lowest BCUT2D eigenvalue weighted by Gasteiger charge is -1.93. The van der Waals surface area contributed by atoms with Crippen LogP contribution in [0.4, 0.5) is 18.3 Å². The van der Waals surface area contributed by atoms with E-state index < -0.39 is 17.5 Å². The number of anilines is 1. The molecule has 0 aliphatic carbocycles. The van der Waals surface area contributed by atoms with Crippen molar-refractivity contribution >= 4 is 26.7 Å². The van der Waals surface area contributed by atoms with Gasteiger partial charge in [0.05, 0.1) is 4.70 Å². The number of halogens is 3. The Morgan fingerprint density at radius 2 is 1.92 bits per heavy atom. The van der Waals surface area contributed by atoms with Gasteiger partial charge in [-0.3, -0.25) is 0 Å². The monoisotopic (exact) mass is 204 g/mol. The number of nitrogens with two attached hydrogens (primary N) is 1. The molecule has 0 amide bonds. The molecule has 0 saturated carbocycles. The average molecular weight is 204 g/mol. The van der Waals surface area contributed by atoms with E-state index in [0.29, 0.717) is 6.07 Å². The van der Waals surface area contributed by atoms with Crippen LogP contribution in [-0.2, 0) is 0 Å². The van der Waals surface area contributed by atoms with Crippen molar-refractivity contribution in [2.75, 3.05) is 5.73 Å². The number of thiazole rings is 1. The number of fused-ring (bicyclic) bond motifs is 1. The molecule has 1 aromatic carbocycles. The van der Waals surface area contributed by atoms with Crippen LogP contribution in [0.2, 0.25) is 0 Å². The molecule has 0 bridgehead atoms. The maximum Gasteiger partial charge on any atom is 0.186 e. The van der Waals surface area contributed by atoms with E-state index in [1.54, 1.807) is 0 Å². The van der Waals surface area contributed by atoms with Crippen LogP contribution in [0.3, 0.4) is 0 Å². The Bertz CT molecular complexity index is 480. The summed E-state index contributed by atoms with van der Waals surface area (Å²) in [6, 6.07) is 0.481. The minimum absolute atomic E-state index is 0.0124. The Kier molecular flexibility index (Phi) is 1.66. The maximum atomic E-state index is 12.9. The molecule has 2 N–H and O–H groups in total. The fourth-order valence-electron chi connectivity index (χ4n) is 1.00. The summed E-state index contributed by atoms with van der Waals surface area (Å²) in [5, 5.41) is 0.0124. The van der Waals surface area contributed by atoms with Crippen LogP contribution in [0.1, 0.15) is 0 Å². The fraction of sp³-hybridized carbons (Fsp3) is 0. The minimum Gasteiger partial charge on any atom is -0.375 e. The van der Waals surface area contributed by atoms with Gasteiger partial charge in [-0.1, -0.05) is 11.3 Å². The Morgan fingerprint density at radius 1 is 1.23 bits per heavy atom. The molecular formula is C7H3F3N2S. The summed E-state index contributed by atoms with van der Waals surface area (Å²) in [7, 11) is 0. The van der Waals surface area contributed by atoms with Crippen molar-refractivity contribution in [2.45, 2.75) is 0 Å². The molecule has 2 nitrogen and oxygen atoms in total. The van der Waals surface area contributed by atoms with Gasteiger partial charge in [-0.2, -0.15) is 0 Å². The molecule has 0 saturated heterocycles. The van der Waals surface area contributed by atoms with E-state index in [1.165, 1.54) is 0 Å². The van der Waals surface area contributed by atoms with Crippen molar-refractivity contribution in [1.29, 1.82) is 0 Å². The Labute approximate surface area is 74.8 Å². The van der Waals surface area contributed by atoms with Crippen molar-refractivity contribution in [2.24, 2.45) is 0 Å². The summed E-state index contributed by atoms with van der Waals surface area (Å²) in [6.07, 6.45) is 0. The zero-order valence-corrected chi connectivity index (χ0v) is 6.96. The summed E-state index contributed by atoms with van der Waals surface area (Å²) in [5.74, 6) is -3.26. The highest BCUT2D eigenvalue weighted by atomic mass is 32.1. The first kappa shape index (κ1) is 8.31. The normalized spacial score (nSPS) is 11.0. The number of aromatic nitrogens is 1. The molecule has 1 aromatic heterocycles. The van der Waals surface area contributed by atoms with E-state index >= 15 is 0 Å². The molecule has 2 rings (SSSR count). The highest BCUT2D eigenvalue weighted by Crippen LogP contribution is 2.29. The molecule has 0 spiro atoms. The van der Waals surface area contributed by atoms with Crippen LogP contribution in [0, 0.1) is 17.5 Å². The molecule has 0 aliphatic rings. The van der Waals surface area contributed by atoms with Crippen molar-refractivity contribution in [3.8, 4) is 0 Å². The summed E-state index contributed by atoms with van der Waals surface area (Å²) in [5.41, 5.74) is 4.88. The third-order valence-electron chi connectivity index (χ3n) is 1.53. The summed E-state index contributed by atoms with van der Waals surface area (Å²) < 4.78 is 38.5. The lowest BCUT2D eigenvalue weighted by Crippen LogP contribution is -1.88. The number of nitrogen functional groups attached to an aromatic ring is 1. The predicted molar refractivity (Wildman–Crippen MR) is 43.9 cm³/mol. The molecular weight excluding hydrogens is 201 g/mol. The third kappa shape index (κ3) is 1.14. The molecule has 1 heterocycles. The smallest absolute Gasteiger partial charge is 0.186 e. The van der Waals surface area contributed by atoms with Crippen molar-refractivity contribution in [1.82, 2.24) is 4.98 Å². The second-order valence-electron chi connectivity index (χ2n) is 2.38. The standard InChI is InChI=1S/C7H3F3N2S/c8-2-1-3(9)6-5(4(2)10)12-7(11)13-6/h1H,(H2,11,12). The topological polar surface area (TPSA) is 38.9 Å². The minimum atomic E-state index is -1.25. The van der Waals surface area contributed by atoms with E-state index in [9.17, 15) is 13.2 Å². The number of hydrogen-bond acceptors (Lipinski definition) is 3. The Balaban J connectivity index is 2.95. The van der Waals surface area contributed by atoms with Crippen LogP contribution in [0.5, 0.6) is 0 Å². The van der Waals surface area contributed by atoms with Gasteiger partial charge in [0.15, 0.2) is 16.8 Å². The quantitative estimate of drug-likeness (QED) is 0.668. The van der Waals surface area contributed by atoms with E-state index in [0.717, 1.165) is 11.3 Å². The van der Waals surface area contributed by atoms with Gasteiger partial charge in [0, 0.05) is 6.07 Å². The fourth-order valence-corrected chi connectivity index (χ4v) is 1.74. The van der Waals surface area contributed by atoms with Gasteiger partial charge in [-0.15, -0.1) is 0 Å². The van der Waals surface area contributed by atoms with Crippen molar-refractivity contribution < 1.29 is 13.2 Å². The van der Waals surface area contributed by atoms with E-state index in [2.05, 4.69) is 4.98 Å². The second-order valence-corrected chi connectivity index (χ2v) is 3.41. The molecule has 13 heavy (non-hydrogen) atoms. The molecule has 0 aliphatic heterocycles. The van der Waals surface area contributed by atoms with Crippen LogP contribution in [0.15, 0.2) is 6.07 Å². The highest BCUT2D eigenvalue weighted by Gasteiger charge is 2.15. The third-order valence-corrected chi connectivity index (χ3v) is 2.42. The highest BCUT2D eigenvalue weighted by molar-refractivity contribution is 7.22. The van der Waals surface area contributed by atoms with E-state index in [4.69, 9.17) is 5.73 Å². The lowest BCUT2D eigenvalue weighted by atomic mass is 10.3. The zero-order chi connectivity index (χ0) is 9.59. The molecule has 0 radical (unpaired) electrons. The van der Waals surface area contributed by atoms with Crippen LogP contribution >= 0.6 is 11.3 Å². The van der Waals surface area contributed by atoms with Crippen molar-refractivity contribution in [3.63, 3.8) is 0 Å². The average Bonchev–Trinajstić information content (AvgIpc) is 2.44. The largest absolute Gasteiger partial charge is 0.375 e. The molecule has 68 valence electrons. The summed E-state index contributed by atoms with van der Waals surface area (Å²) in [6.45, 7) is 0. The molecule has 2 aromatic rings. The van der Waals surface area contributed by atoms with Crippen molar-refractivity contribution in [3.05, 3.63) is 23.5 Å². The molecule has 6 heteroatoms. The number of rotatable bonds is 0. The summed E-state index contributed by atoms with van der Waals surface area (Å²) >= 11 is 0.787. The van der Waals surface area contributed by atoms with Gasteiger partial charge in [0.2, 0.25) is 0 Å². The first-order chi connectivity index (χ1) is 6.09. The van der Waals surface area contributed by atoms with Gasteiger partial charge in [-0.05, 0) is 0 Å². The first-order valence-electron chi connectivity index (χ1n) is 3.29. The SMILES string of the molecule is Nc1nc2c(F)c(F)cc(F)c2s1. The van der Waals surface area contributed by atoms with Crippen LogP contribution in [-0.4, -0.2) is 4.98 Å². The lowest BCUT2D eigenvalue weighted by molar-refractivity contribution is 0.505. The molecule has 0 fully saturated rings.